The summed E-state index contributed by atoms with van der Waals surface area (Å²) in [6.45, 7) is 8.96. The van der Waals surface area contributed by atoms with Gasteiger partial charge in [-0.2, -0.15) is 0 Å². The number of carbonyl (C=O) groups excluding carboxylic acids is 2. The fourth-order valence-corrected chi connectivity index (χ4v) is 6.50. The number of halogens is 1. The third-order valence-electron chi connectivity index (χ3n) is 7.74. The fourth-order valence-electron chi connectivity index (χ4n) is 6.24. The van der Waals surface area contributed by atoms with Crippen molar-refractivity contribution in [1.82, 2.24) is 4.98 Å². The predicted octanol–water partition coefficient (Wildman–Crippen LogP) is 5.92. The molecule has 1 saturated heterocycles. The topological polar surface area (TPSA) is 53.2 Å². The van der Waals surface area contributed by atoms with Crippen molar-refractivity contribution in [3.05, 3.63) is 51.8 Å². The standard InChI is InChI=1S/C25H29BrN2O2/c1-13-11-19-21-20(23(29)28(24(21)30)16-8-6-15(26)7-9-16)18-12-14(25(2,3)4)5-10-17(18)22(19)27-13/h6-9,11,14,17-18,20-21,27H,5,10,12H2,1-4H3/t14?,17-,18+,20+,21-/m1/s1. The van der Waals surface area contributed by atoms with Crippen molar-refractivity contribution >= 4 is 33.4 Å². The number of rotatable bonds is 1. The molecule has 30 heavy (non-hydrogen) atoms. The smallest absolute Gasteiger partial charge is 0.242 e. The summed E-state index contributed by atoms with van der Waals surface area (Å²) in [4.78, 5) is 32.4. The second-order valence-electron chi connectivity index (χ2n) is 10.5. The van der Waals surface area contributed by atoms with Crippen LogP contribution >= 0.6 is 15.9 Å². The average molecular weight is 469 g/mol. The van der Waals surface area contributed by atoms with E-state index < -0.39 is 0 Å². The molecule has 5 heteroatoms. The molecule has 2 aliphatic carbocycles. The zero-order valence-electron chi connectivity index (χ0n) is 18.0. The van der Waals surface area contributed by atoms with Crippen LogP contribution < -0.4 is 4.90 Å². The number of nitrogens with one attached hydrogen (secondary N) is 1. The Morgan fingerprint density at radius 3 is 2.43 bits per heavy atom. The second-order valence-corrected chi connectivity index (χ2v) is 11.4. The Labute approximate surface area is 186 Å². The maximum Gasteiger partial charge on any atom is 0.242 e. The highest BCUT2D eigenvalue weighted by Crippen LogP contribution is 2.58. The Morgan fingerprint density at radius 2 is 1.77 bits per heavy atom. The van der Waals surface area contributed by atoms with Gasteiger partial charge >= 0.3 is 0 Å². The monoisotopic (exact) mass is 468 g/mol. The minimum atomic E-state index is -0.360. The molecule has 2 aromatic rings. The van der Waals surface area contributed by atoms with Crippen molar-refractivity contribution in [2.24, 2.45) is 23.2 Å². The van der Waals surface area contributed by atoms with E-state index in [9.17, 15) is 9.59 Å². The van der Waals surface area contributed by atoms with E-state index >= 15 is 0 Å². The molecule has 1 saturated carbocycles. The van der Waals surface area contributed by atoms with Crippen LogP contribution in [-0.4, -0.2) is 16.8 Å². The SMILES string of the molecule is Cc1cc2c([nH]1)[C@@H]1CCC(C(C)(C)C)C[C@@H]1[C@@H]1C(=O)N(c3ccc(Br)cc3)C(=O)[C@H]21. The number of amides is 2. The highest BCUT2D eigenvalue weighted by Gasteiger charge is 2.59. The number of fused-ring (bicyclic) bond motifs is 6. The first-order valence-electron chi connectivity index (χ1n) is 11.0. The Bertz CT molecular complexity index is 1020. The summed E-state index contributed by atoms with van der Waals surface area (Å²) < 4.78 is 0.937. The summed E-state index contributed by atoms with van der Waals surface area (Å²) in [6.07, 6.45) is 3.28. The number of aromatic amines is 1. The molecular weight excluding hydrogens is 440 g/mol. The van der Waals surface area contributed by atoms with Gasteiger partial charge in [0.25, 0.3) is 0 Å². The molecule has 0 spiro atoms. The molecule has 1 unspecified atom stereocenters. The lowest BCUT2D eigenvalue weighted by atomic mass is 9.57. The Morgan fingerprint density at radius 1 is 1.07 bits per heavy atom. The first-order chi connectivity index (χ1) is 14.2. The Balaban J connectivity index is 1.61. The van der Waals surface area contributed by atoms with Gasteiger partial charge in [0, 0.05) is 21.8 Å². The summed E-state index contributed by atoms with van der Waals surface area (Å²) in [6, 6.07) is 9.61. The average Bonchev–Trinajstić information content (AvgIpc) is 3.19. The van der Waals surface area contributed by atoms with Gasteiger partial charge in [0.05, 0.1) is 17.5 Å². The number of hydrogen-bond acceptors (Lipinski definition) is 2. The molecule has 0 bridgehead atoms. The minimum absolute atomic E-state index is 0.0126. The van der Waals surface area contributed by atoms with E-state index in [1.807, 2.05) is 24.3 Å². The predicted molar refractivity (Wildman–Crippen MR) is 121 cm³/mol. The maximum atomic E-state index is 13.7. The van der Waals surface area contributed by atoms with Crippen LogP contribution in [0.2, 0.25) is 0 Å². The van der Waals surface area contributed by atoms with Crippen LogP contribution in [0.5, 0.6) is 0 Å². The zero-order chi connectivity index (χ0) is 21.4. The molecule has 4 nitrogen and oxygen atoms in total. The number of anilines is 1. The van der Waals surface area contributed by atoms with Crippen LogP contribution in [0, 0.1) is 30.1 Å². The Hall–Kier alpha value is -1.88. The summed E-state index contributed by atoms with van der Waals surface area (Å²) >= 11 is 3.45. The van der Waals surface area contributed by atoms with E-state index in [1.54, 1.807) is 0 Å². The van der Waals surface area contributed by atoms with Crippen molar-refractivity contribution in [3.8, 4) is 0 Å². The molecule has 2 fully saturated rings. The van der Waals surface area contributed by atoms with Crippen molar-refractivity contribution in [3.63, 3.8) is 0 Å². The normalized spacial score (nSPS) is 30.8. The molecule has 3 aliphatic rings. The molecule has 1 aliphatic heterocycles. The zero-order valence-corrected chi connectivity index (χ0v) is 19.6. The van der Waals surface area contributed by atoms with Gasteiger partial charge in [-0.05, 0) is 79.3 Å². The Kier molecular flexibility index (Phi) is 4.55. The van der Waals surface area contributed by atoms with Gasteiger partial charge in [0.2, 0.25) is 11.8 Å². The van der Waals surface area contributed by atoms with Crippen molar-refractivity contribution in [1.29, 1.82) is 0 Å². The van der Waals surface area contributed by atoms with Gasteiger partial charge in [0.15, 0.2) is 0 Å². The van der Waals surface area contributed by atoms with Crippen molar-refractivity contribution in [2.45, 2.75) is 58.8 Å². The molecule has 1 aromatic heterocycles. The molecule has 158 valence electrons. The lowest BCUT2D eigenvalue weighted by Gasteiger charge is -2.46. The highest BCUT2D eigenvalue weighted by molar-refractivity contribution is 9.10. The van der Waals surface area contributed by atoms with E-state index in [-0.39, 0.29) is 35.0 Å². The third-order valence-corrected chi connectivity index (χ3v) is 8.27. The highest BCUT2D eigenvalue weighted by atomic mass is 79.9. The van der Waals surface area contributed by atoms with Crippen LogP contribution in [0.25, 0.3) is 0 Å². The number of aromatic nitrogens is 1. The van der Waals surface area contributed by atoms with Crippen molar-refractivity contribution < 1.29 is 9.59 Å². The van der Waals surface area contributed by atoms with Crippen LogP contribution in [0.4, 0.5) is 5.69 Å². The van der Waals surface area contributed by atoms with E-state index in [0.29, 0.717) is 17.5 Å². The fraction of sp³-hybridized carbons (Fsp3) is 0.520. The first kappa shape index (κ1) is 20.0. The lowest BCUT2D eigenvalue weighted by Crippen LogP contribution is -2.41. The van der Waals surface area contributed by atoms with Crippen LogP contribution in [0.15, 0.2) is 34.8 Å². The van der Waals surface area contributed by atoms with E-state index in [1.165, 1.54) is 17.0 Å². The van der Waals surface area contributed by atoms with Crippen LogP contribution in [0.1, 0.15) is 68.8 Å². The van der Waals surface area contributed by atoms with Gasteiger partial charge < -0.3 is 4.98 Å². The number of carbonyl (C=O) groups is 2. The largest absolute Gasteiger partial charge is 0.362 e. The molecule has 0 radical (unpaired) electrons. The van der Waals surface area contributed by atoms with Crippen LogP contribution in [-0.2, 0) is 9.59 Å². The van der Waals surface area contributed by atoms with Gasteiger partial charge in [-0.3, -0.25) is 9.59 Å². The summed E-state index contributed by atoms with van der Waals surface area (Å²) in [5.74, 6) is 0.442. The van der Waals surface area contributed by atoms with Gasteiger partial charge in [0.1, 0.15) is 0 Å². The van der Waals surface area contributed by atoms with E-state index in [2.05, 4.69) is 54.7 Å². The van der Waals surface area contributed by atoms with E-state index in [4.69, 9.17) is 0 Å². The molecule has 1 aromatic carbocycles. The molecule has 5 atom stereocenters. The quantitative estimate of drug-likeness (QED) is 0.528. The van der Waals surface area contributed by atoms with Crippen LogP contribution in [0.3, 0.4) is 0 Å². The summed E-state index contributed by atoms with van der Waals surface area (Å²) in [5.41, 5.74) is 4.25. The van der Waals surface area contributed by atoms with Gasteiger partial charge in [-0.1, -0.05) is 36.7 Å². The van der Waals surface area contributed by atoms with Gasteiger partial charge in [-0.15, -0.1) is 0 Å². The summed E-state index contributed by atoms with van der Waals surface area (Å²) in [7, 11) is 0. The molecule has 2 amide bonds. The van der Waals surface area contributed by atoms with E-state index in [0.717, 1.165) is 28.6 Å². The number of benzene rings is 1. The molecule has 1 N–H and O–H groups in total. The maximum absolute atomic E-state index is 13.7. The van der Waals surface area contributed by atoms with Crippen molar-refractivity contribution in [2.75, 3.05) is 4.90 Å². The molecular formula is C25H29BrN2O2. The molecule has 5 rings (SSSR count). The number of imide groups is 1. The first-order valence-corrected chi connectivity index (χ1v) is 11.8. The number of hydrogen-bond donors (Lipinski definition) is 1. The third kappa shape index (κ3) is 2.92. The molecule has 2 heterocycles. The number of aryl methyl sites for hydroxylation is 1. The number of nitrogens with zero attached hydrogens (tertiary/aromatic N) is 1. The summed E-state index contributed by atoms with van der Waals surface area (Å²) in [5, 5.41) is 0. The number of H-pyrrole nitrogens is 1. The second kappa shape index (κ2) is 6.81. The minimum Gasteiger partial charge on any atom is -0.362 e. The lowest BCUT2D eigenvalue weighted by molar-refractivity contribution is -0.123. The van der Waals surface area contributed by atoms with Gasteiger partial charge in [-0.25, -0.2) is 4.90 Å².